The molecule has 0 saturated carbocycles. The fraction of sp³-hybridized carbons (Fsp3) is 0.214. The van der Waals surface area contributed by atoms with Gasteiger partial charge in [-0.1, -0.05) is 18.2 Å². The van der Waals surface area contributed by atoms with Gasteiger partial charge in [-0.2, -0.15) is 0 Å². The largest absolute Gasteiger partial charge is 0.317 e. The summed E-state index contributed by atoms with van der Waals surface area (Å²) in [5.41, 5.74) is 3.46. The molecule has 88 valence electrons. The molecule has 0 saturated heterocycles. The molecule has 1 heterocycles. The van der Waals surface area contributed by atoms with Crippen molar-refractivity contribution in [3.63, 3.8) is 0 Å². The third kappa shape index (κ3) is 2.74. The van der Waals surface area contributed by atoms with Crippen molar-refractivity contribution in [2.75, 3.05) is 0 Å². The van der Waals surface area contributed by atoms with Crippen LogP contribution in [0.1, 0.15) is 11.3 Å². The summed E-state index contributed by atoms with van der Waals surface area (Å²) in [4.78, 5) is 5.70. The fourth-order valence-electron chi connectivity index (χ4n) is 1.66. The molecule has 1 aromatic carbocycles. The number of aromatic nitrogens is 1. The molecule has 1 aromatic heterocycles. The number of nitrogens with zero attached hydrogens (tertiary/aromatic N) is 2. The molecule has 17 heavy (non-hydrogen) atoms. The minimum Gasteiger partial charge on any atom is -0.317 e. The van der Waals surface area contributed by atoms with E-state index in [2.05, 4.69) is 47.5 Å². The molecule has 0 radical (unpaired) electrons. The first-order valence-electron chi connectivity index (χ1n) is 5.58. The highest BCUT2D eigenvalue weighted by molar-refractivity contribution is 7.07. The quantitative estimate of drug-likeness (QED) is 0.734. The predicted molar refractivity (Wildman–Crippen MR) is 73.6 cm³/mol. The van der Waals surface area contributed by atoms with E-state index in [9.17, 15) is 0 Å². The van der Waals surface area contributed by atoms with E-state index < -0.39 is 0 Å². The first-order valence-corrected chi connectivity index (χ1v) is 6.46. The van der Waals surface area contributed by atoms with Crippen molar-refractivity contribution >= 4 is 17.0 Å². The minimum atomic E-state index is 0.806. The molecule has 2 nitrogen and oxygen atoms in total. The van der Waals surface area contributed by atoms with E-state index in [1.807, 2.05) is 18.2 Å². The van der Waals surface area contributed by atoms with Gasteiger partial charge >= 0.3 is 0 Å². The van der Waals surface area contributed by atoms with Crippen LogP contribution in [0.5, 0.6) is 0 Å². The average Bonchev–Trinajstić information content (AvgIpc) is 2.62. The third-order valence-corrected chi connectivity index (χ3v) is 3.51. The molecule has 0 spiro atoms. The lowest BCUT2D eigenvalue weighted by Gasteiger charge is -2.01. The molecule has 0 aliphatic rings. The van der Waals surface area contributed by atoms with Crippen molar-refractivity contribution in [3.8, 4) is 0 Å². The highest BCUT2D eigenvalue weighted by Gasteiger charge is 1.99. The molecule has 0 atom stereocenters. The summed E-state index contributed by atoms with van der Waals surface area (Å²) < 4.78 is 2.17. The maximum Gasteiger partial charge on any atom is 0.190 e. The monoisotopic (exact) mass is 244 g/mol. The van der Waals surface area contributed by atoms with E-state index in [4.69, 9.17) is 0 Å². The molecule has 3 heteroatoms. The van der Waals surface area contributed by atoms with Gasteiger partial charge in [-0.05, 0) is 31.5 Å². The van der Waals surface area contributed by atoms with Gasteiger partial charge in [-0.25, -0.2) is 4.99 Å². The summed E-state index contributed by atoms with van der Waals surface area (Å²) in [5, 5.41) is 2.12. The molecule has 0 unspecified atom stereocenters. The Hall–Kier alpha value is -1.61. The standard InChI is InChI=1S/C14H16N2S/c1-4-8-16-12(3)10-17-14(16)15-13-7-5-6-11(2)9-13/h4-7,9-10H,1,8H2,2-3H3. The lowest BCUT2D eigenvalue weighted by molar-refractivity contribution is 0.761. The number of hydrogen-bond donors (Lipinski definition) is 0. The topological polar surface area (TPSA) is 17.3 Å². The first kappa shape index (κ1) is 11.9. The van der Waals surface area contributed by atoms with Crippen molar-refractivity contribution in [3.05, 3.63) is 58.4 Å². The lowest BCUT2D eigenvalue weighted by Crippen LogP contribution is -2.14. The summed E-state index contributed by atoms with van der Waals surface area (Å²) in [5.74, 6) is 0. The van der Waals surface area contributed by atoms with Crippen molar-refractivity contribution in [1.82, 2.24) is 4.57 Å². The van der Waals surface area contributed by atoms with E-state index in [1.54, 1.807) is 11.3 Å². The Morgan fingerprint density at radius 1 is 1.41 bits per heavy atom. The van der Waals surface area contributed by atoms with E-state index in [-0.39, 0.29) is 0 Å². The molecule has 2 rings (SSSR count). The average molecular weight is 244 g/mol. The Balaban J connectivity index is 2.49. The zero-order valence-electron chi connectivity index (χ0n) is 10.2. The highest BCUT2D eigenvalue weighted by atomic mass is 32.1. The van der Waals surface area contributed by atoms with Crippen LogP contribution in [-0.4, -0.2) is 4.57 Å². The maximum atomic E-state index is 4.68. The van der Waals surface area contributed by atoms with Gasteiger partial charge in [0, 0.05) is 17.6 Å². The van der Waals surface area contributed by atoms with E-state index in [1.165, 1.54) is 11.3 Å². The SMILES string of the molecule is C=CCn1c(C)csc1=Nc1cccc(C)c1. The molecule has 0 fully saturated rings. The normalized spacial score (nSPS) is 11.8. The second kappa shape index (κ2) is 5.15. The number of hydrogen-bond acceptors (Lipinski definition) is 2. The zero-order chi connectivity index (χ0) is 12.3. The van der Waals surface area contributed by atoms with Crippen molar-refractivity contribution in [2.24, 2.45) is 4.99 Å². The summed E-state index contributed by atoms with van der Waals surface area (Å²) >= 11 is 1.67. The molecule has 2 aromatic rings. The summed E-state index contributed by atoms with van der Waals surface area (Å²) in [7, 11) is 0. The van der Waals surface area contributed by atoms with Gasteiger partial charge in [0.25, 0.3) is 0 Å². The van der Waals surface area contributed by atoms with Gasteiger partial charge in [0.05, 0.1) is 5.69 Å². The summed E-state index contributed by atoms with van der Waals surface area (Å²) in [6.45, 7) is 8.76. The van der Waals surface area contributed by atoms with Gasteiger partial charge in [0.15, 0.2) is 4.80 Å². The van der Waals surface area contributed by atoms with Crippen LogP contribution in [0.4, 0.5) is 5.69 Å². The summed E-state index contributed by atoms with van der Waals surface area (Å²) in [6.07, 6.45) is 1.90. The van der Waals surface area contributed by atoms with Gasteiger partial charge in [-0.15, -0.1) is 17.9 Å². The smallest absolute Gasteiger partial charge is 0.190 e. The van der Waals surface area contributed by atoms with Gasteiger partial charge in [0.1, 0.15) is 0 Å². The van der Waals surface area contributed by atoms with E-state index in [0.717, 1.165) is 17.0 Å². The minimum absolute atomic E-state index is 0.806. The van der Waals surface area contributed by atoms with Gasteiger partial charge in [0.2, 0.25) is 0 Å². The van der Waals surface area contributed by atoms with E-state index >= 15 is 0 Å². The van der Waals surface area contributed by atoms with Gasteiger partial charge < -0.3 is 4.57 Å². The lowest BCUT2D eigenvalue weighted by atomic mass is 10.2. The second-order valence-corrected chi connectivity index (χ2v) is 4.85. The van der Waals surface area contributed by atoms with Crippen LogP contribution in [0, 0.1) is 13.8 Å². The highest BCUT2D eigenvalue weighted by Crippen LogP contribution is 2.13. The van der Waals surface area contributed by atoms with Crippen LogP contribution in [0.25, 0.3) is 0 Å². The molecule has 0 bridgehead atoms. The number of allylic oxidation sites excluding steroid dienone is 1. The Morgan fingerprint density at radius 3 is 2.94 bits per heavy atom. The van der Waals surface area contributed by atoms with Crippen LogP contribution < -0.4 is 4.80 Å². The Morgan fingerprint density at radius 2 is 2.24 bits per heavy atom. The van der Waals surface area contributed by atoms with Crippen LogP contribution in [-0.2, 0) is 6.54 Å². The first-order chi connectivity index (χ1) is 8.20. The maximum absolute atomic E-state index is 4.68. The van der Waals surface area contributed by atoms with Gasteiger partial charge in [-0.3, -0.25) is 0 Å². The summed E-state index contributed by atoms with van der Waals surface area (Å²) in [6, 6.07) is 8.23. The Bertz CT molecular complexity index is 590. The van der Waals surface area contributed by atoms with Crippen LogP contribution in [0.2, 0.25) is 0 Å². The van der Waals surface area contributed by atoms with Crippen molar-refractivity contribution in [1.29, 1.82) is 0 Å². The third-order valence-electron chi connectivity index (χ3n) is 2.53. The number of benzene rings is 1. The molecule has 0 aliphatic carbocycles. The van der Waals surface area contributed by atoms with E-state index in [0.29, 0.717) is 0 Å². The second-order valence-electron chi connectivity index (χ2n) is 4.01. The van der Waals surface area contributed by atoms with Crippen LogP contribution >= 0.6 is 11.3 Å². The molecular weight excluding hydrogens is 228 g/mol. The zero-order valence-corrected chi connectivity index (χ0v) is 11.0. The van der Waals surface area contributed by atoms with Crippen molar-refractivity contribution < 1.29 is 0 Å². The van der Waals surface area contributed by atoms with Crippen LogP contribution in [0.15, 0.2) is 47.3 Å². The fourth-order valence-corrected chi connectivity index (χ4v) is 2.57. The number of rotatable bonds is 3. The van der Waals surface area contributed by atoms with Crippen LogP contribution in [0.3, 0.4) is 0 Å². The number of thiazole rings is 1. The van der Waals surface area contributed by atoms with Crippen molar-refractivity contribution in [2.45, 2.75) is 20.4 Å². The molecule has 0 amide bonds. The molecule has 0 aliphatic heterocycles. The molecular formula is C14H16N2S. The number of aryl methyl sites for hydroxylation is 2. The Labute approximate surface area is 106 Å². The molecule has 0 N–H and O–H groups in total. The predicted octanol–water partition coefficient (Wildman–Crippen LogP) is 3.58. The Kier molecular flexibility index (Phi) is 3.59.